The Labute approximate surface area is 152 Å². The SMILES string of the molecule is Cn1c(=O)c2cc(C(=O)Nc3cccc(Cl)c3)sc2c2ccccc21. The molecule has 0 aliphatic rings. The summed E-state index contributed by atoms with van der Waals surface area (Å²) in [5.41, 5.74) is 1.36. The predicted octanol–water partition coefficient (Wildman–Crippen LogP) is 4.66. The minimum atomic E-state index is -0.255. The number of thiophene rings is 1. The average molecular weight is 369 g/mol. The van der Waals surface area contributed by atoms with E-state index in [1.54, 1.807) is 41.9 Å². The van der Waals surface area contributed by atoms with Gasteiger partial charge in [-0.3, -0.25) is 9.59 Å². The lowest BCUT2D eigenvalue weighted by Gasteiger charge is -2.05. The Kier molecular flexibility index (Phi) is 3.82. The number of hydrogen-bond donors (Lipinski definition) is 1. The Hall–Kier alpha value is -2.63. The minimum Gasteiger partial charge on any atom is -0.321 e. The molecule has 6 heteroatoms. The Morgan fingerprint density at radius 1 is 1.08 bits per heavy atom. The van der Waals surface area contributed by atoms with Crippen molar-refractivity contribution >= 4 is 55.5 Å². The summed E-state index contributed by atoms with van der Waals surface area (Å²) in [6.07, 6.45) is 0. The van der Waals surface area contributed by atoms with Crippen LogP contribution in [-0.2, 0) is 7.05 Å². The number of hydrogen-bond acceptors (Lipinski definition) is 3. The zero-order chi connectivity index (χ0) is 17.6. The third-order valence-electron chi connectivity index (χ3n) is 4.08. The van der Waals surface area contributed by atoms with Crippen molar-refractivity contribution in [3.05, 3.63) is 74.9 Å². The molecular weight excluding hydrogens is 356 g/mol. The third kappa shape index (κ3) is 2.71. The van der Waals surface area contributed by atoms with Gasteiger partial charge in [-0.25, -0.2) is 0 Å². The van der Waals surface area contributed by atoms with E-state index in [2.05, 4.69) is 5.32 Å². The molecule has 2 heterocycles. The lowest BCUT2D eigenvalue weighted by atomic mass is 10.2. The van der Waals surface area contributed by atoms with Crippen molar-refractivity contribution in [1.82, 2.24) is 4.57 Å². The second kappa shape index (κ2) is 6.02. The van der Waals surface area contributed by atoms with Crippen molar-refractivity contribution in [2.45, 2.75) is 0 Å². The van der Waals surface area contributed by atoms with E-state index in [0.717, 1.165) is 15.6 Å². The number of aromatic nitrogens is 1. The quantitative estimate of drug-likeness (QED) is 0.559. The Bertz CT molecular complexity index is 1190. The number of para-hydroxylation sites is 1. The highest BCUT2D eigenvalue weighted by Gasteiger charge is 2.16. The molecule has 4 nitrogen and oxygen atoms in total. The van der Waals surface area contributed by atoms with E-state index in [-0.39, 0.29) is 11.5 Å². The molecule has 4 rings (SSSR count). The molecule has 0 fully saturated rings. The Morgan fingerprint density at radius 2 is 1.88 bits per heavy atom. The molecular formula is C19H13ClN2O2S. The van der Waals surface area contributed by atoms with Gasteiger partial charge < -0.3 is 9.88 Å². The lowest BCUT2D eigenvalue weighted by molar-refractivity contribution is 0.103. The number of anilines is 1. The molecule has 0 saturated carbocycles. The number of halogens is 1. The van der Waals surface area contributed by atoms with Crippen molar-refractivity contribution in [3.8, 4) is 0 Å². The molecule has 2 aromatic carbocycles. The van der Waals surface area contributed by atoms with Gasteiger partial charge in [-0.15, -0.1) is 11.3 Å². The first-order valence-corrected chi connectivity index (χ1v) is 8.82. The maximum Gasteiger partial charge on any atom is 0.265 e. The minimum absolute atomic E-state index is 0.105. The molecule has 0 saturated heterocycles. The molecule has 0 unspecified atom stereocenters. The van der Waals surface area contributed by atoms with Crippen molar-refractivity contribution in [3.63, 3.8) is 0 Å². The zero-order valence-electron chi connectivity index (χ0n) is 13.2. The molecule has 0 atom stereocenters. The average Bonchev–Trinajstić information content (AvgIpc) is 3.05. The van der Waals surface area contributed by atoms with Crippen LogP contribution in [0.2, 0.25) is 5.02 Å². The summed E-state index contributed by atoms with van der Waals surface area (Å²) in [6, 6.07) is 16.3. The standard InChI is InChI=1S/C19H13ClN2O2S/c1-22-15-8-3-2-7-13(15)17-14(19(22)24)10-16(25-17)18(23)21-12-6-4-5-11(20)9-12/h2-10H,1H3,(H,21,23). The second-order valence-corrected chi connectivity index (χ2v) is 7.19. The number of fused-ring (bicyclic) bond motifs is 3. The summed E-state index contributed by atoms with van der Waals surface area (Å²) in [6.45, 7) is 0. The van der Waals surface area contributed by atoms with Gasteiger partial charge in [-0.1, -0.05) is 35.9 Å². The Morgan fingerprint density at radius 3 is 2.68 bits per heavy atom. The summed E-state index contributed by atoms with van der Waals surface area (Å²) in [4.78, 5) is 25.7. The van der Waals surface area contributed by atoms with E-state index in [4.69, 9.17) is 11.6 Å². The number of rotatable bonds is 2. The fourth-order valence-corrected chi connectivity index (χ4v) is 4.14. The number of nitrogens with one attached hydrogen (secondary N) is 1. The van der Waals surface area contributed by atoms with Gasteiger partial charge in [-0.2, -0.15) is 0 Å². The largest absolute Gasteiger partial charge is 0.321 e. The summed E-state index contributed by atoms with van der Waals surface area (Å²) in [7, 11) is 1.74. The smallest absolute Gasteiger partial charge is 0.265 e. The van der Waals surface area contributed by atoms with Crippen LogP contribution in [0.4, 0.5) is 5.69 Å². The van der Waals surface area contributed by atoms with Crippen LogP contribution >= 0.6 is 22.9 Å². The molecule has 0 aliphatic carbocycles. The maximum absolute atomic E-state index is 12.6. The summed E-state index contributed by atoms with van der Waals surface area (Å²) in [5, 5.41) is 4.89. The monoisotopic (exact) mass is 368 g/mol. The molecule has 1 amide bonds. The fraction of sp³-hybridized carbons (Fsp3) is 0.0526. The van der Waals surface area contributed by atoms with Gasteiger partial charge in [0.25, 0.3) is 11.5 Å². The highest BCUT2D eigenvalue weighted by atomic mass is 35.5. The van der Waals surface area contributed by atoms with Gasteiger partial charge in [0.2, 0.25) is 0 Å². The molecule has 4 aromatic rings. The van der Waals surface area contributed by atoms with Crippen LogP contribution < -0.4 is 10.9 Å². The van der Waals surface area contributed by atoms with Gasteiger partial charge in [0, 0.05) is 27.8 Å². The van der Waals surface area contributed by atoms with Crippen molar-refractivity contribution in [1.29, 1.82) is 0 Å². The number of amides is 1. The Balaban J connectivity index is 1.84. The normalized spacial score (nSPS) is 11.1. The maximum atomic E-state index is 12.6. The molecule has 2 aromatic heterocycles. The van der Waals surface area contributed by atoms with Crippen LogP contribution in [0.3, 0.4) is 0 Å². The number of carbonyl (C=O) groups is 1. The van der Waals surface area contributed by atoms with Gasteiger partial charge in [0.05, 0.1) is 15.8 Å². The van der Waals surface area contributed by atoms with E-state index < -0.39 is 0 Å². The first-order valence-electron chi connectivity index (χ1n) is 7.63. The summed E-state index contributed by atoms with van der Waals surface area (Å²) < 4.78 is 2.44. The summed E-state index contributed by atoms with van der Waals surface area (Å²) >= 11 is 7.27. The van der Waals surface area contributed by atoms with E-state index in [0.29, 0.717) is 21.0 Å². The number of pyridine rings is 1. The molecule has 0 radical (unpaired) electrons. The molecule has 25 heavy (non-hydrogen) atoms. The van der Waals surface area contributed by atoms with Gasteiger partial charge in [0.1, 0.15) is 0 Å². The first kappa shape index (κ1) is 15.9. The van der Waals surface area contributed by atoms with Crippen LogP contribution in [0.5, 0.6) is 0 Å². The van der Waals surface area contributed by atoms with Crippen LogP contribution in [0.25, 0.3) is 21.0 Å². The highest BCUT2D eigenvalue weighted by Crippen LogP contribution is 2.30. The summed E-state index contributed by atoms with van der Waals surface area (Å²) in [5.74, 6) is -0.255. The topological polar surface area (TPSA) is 51.1 Å². The van der Waals surface area contributed by atoms with E-state index in [1.165, 1.54) is 11.3 Å². The van der Waals surface area contributed by atoms with Gasteiger partial charge >= 0.3 is 0 Å². The van der Waals surface area contributed by atoms with Crippen LogP contribution in [0, 0.1) is 0 Å². The fourth-order valence-electron chi connectivity index (χ4n) is 2.87. The van der Waals surface area contributed by atoms with Gasteiger partial charge in [-0.05, 0) is 30.3 Å². The van der Waals surface area contributed by atoms with Crippen LogP contribution in [0.15, 0.2) is 59.4 Å². The van der Waals surface area contributed by atoms with E-state index >= 15 is 0 Å². The number of aryl methyl sites for hydroxylation is 1. The molecule has 0 aliphatic heterocycles. The number of nitrogens with zero attached hydrogens (tertiary/aromatic N) is 1. The van der Waals surface area contributed by atoms with Crippen LogP contribution in [0.1, 0.15) is 9.67 Å². The van der Waals surface area contributed by atoms with E-state index in [9.17, 15) is 9.59 Å². The van der Waals surface area contributed by atoms with E-state index in [1.807, 2.05) is 24.3 Å². The predicted molar refractivity (Wildman–Crippen MR) is 104 cm³/mol. The highest BCUT2D eigenvalue weighted by molar-refractivity contribution is 7.21. The molecule has 0 spiro atoms. The van der Waals surface area contributed by atoms with Crippen molar-refractivity contribution < 1.29 is 4.79 Å². The molecule has 124 valence electrons. The zero-order valence-corrected chi connectivity index (χ0v) is 14.8. The van der Waals surface area contributed by atoms with Crippen LogP contribution in [-0.4, -0.2) is 10.5 Å². The molecule has 1 N–H and O–H groups in total. The van der Waals surface area contributed by atoms with Crippen molar-refractivity contribution in [2.24, 2.45) is 7.05 Å². The lowest BCUT2D eigenvalue weighted by Crippen LogP contribution is -2.16. The first-order chi connectivity index (χ1) is 12.0. The van der Waals surface area contributed by atoms with Gasteiger partial charge in [0.15, 0.2) is 0 Å². The molecule has 0 bridgehead atoms. The van der Waals surface area contributed by atoms with Crippen molar-refractivity contribution in [2.75, 3.05) is 5.32 Å². The second-order valence-electron chi connectivity index (χ2n) is 5.70. The third-order valence-corrected chi connectivity index (χ3v) is 5.49. The number of carbonyl (C=O) groups excluding carboxylic acids is 1. The number of benzene rings is 2.